The third-order valence-corrected chi connectivity index (χ3v) is 7.92. The van der Waals surface area contributed by atoms with Gasteiger partial charge in [0, 0.05) is 18.3 Å². The van der Waals surface area contributed by atoms with Crippen molar-refractivity contribution in [3.8, 4) is 11.5 Å². The largest absolute Gasteiger partial charge is 0.457 e. The number of rotatable bonds is 7. The van der Waals surface area contributed by atoms with Crippen LogP contribution in [0.15, 0.2) is 79.5 Å². The number of pyridine rings is 1. The Morgan fingerprint density at radius 2 is 1.74 bits per heavy atom. The molecule has 2 aromatic heterocycles. The molecule has 6 rings (SSSR count). The van der Waals surface area contributed by atoms with Gasteiger partial charge in [0.05, 0.1) is 22.4 Å². The number of ether oxygens (including phenoxy) is 1. The van der Waals surface area contributed by atoms with Gasteiger partial charge in [0.25, 0.3) is 5.91 Å². The molecule has 196 valence electrons. The van der Waals surface area contributed by atoms with Gasteiger partial charge in [-0.1, -0.05) is 24.8 Å². The molecular formula is C29H25N5O4S. The van der Waals surface area contributed by atoms with Crippen LogP contribution >= 0.6 is 11.3 Å². The van der Waals surface area contributed by atoms with E-state index in [0.29, 0.717) is 38.9 Å². The smallest absolute Gasteiger partial charge is 0.331 e. The molecule has 1 aliphatic carbocycles. The predicted molar refractivity (Wildman–Crippen MR) is 151 cm³/mol. The summed E-state index contributed by atoms with van der Waals surface area (Å²) in [6.45, 7) is 3.48. The lowest BCUT2D eigenvalue weighted by Crippen LogP contribution is -2.37. The molecule has 1 saturated carbocycles. The lowest BCUT2D eigenvalue weighted by atomic mass is 10.1. The number of nitrogens with one attached hydrogen (secondary N) is 3. The summed E-state index contributed by atoms with van der Waals surface area (Å²) in [6, 6.07) is 18.0. The molecule has 3 N–H and O–H groups in total. The molecule has 4 amide bonds. The molecule has 9 nitrogen and oxygen atoms in total. The first kappa shape index (κ1) is 24.6. The monoisotopic (exact) mass is 539 g/mol. The number of thiophene rings is 1. The zero-order valence-electron chi connectivity index (χ0n) is 20.8. The van der Waals surface area contributed by atoms with Gasteiger partial charge in [0.1, 0.15) is 21.2 Å². The number of para-hydroxylation sites is 1. The molecule has 1 fully saturated rings. The number of carbonyl (C=O) groups excluding carboxylic acids is 3. The van der Waals surface area contributed by atoms with Gasteiger partial charge in [0.15, 0.2) is 0 Å². The van der Waals surface area contributed by atoms with E-state index in [4.69, 9.17) is 4.74 Å². The summed E-state index contributed by atoms with van der Waals surface area (Å²) in [5, 5.41) is 9.60. The van der Waals surface area contributed by atoms with Crippen molar-refractivity contribution >= 4 is 56.5 Å². The molecule has 0 spiro atoms. The van der Waals surface area contributed by atoms with Crippen molar-refractivity contribution in [2.24, 2.45) is 0 Å². The van der Waals surface area contributed by atoms with E-state index in [1.807, 2.05) is 54.6 Å². The van der Waals surface area contributed by atoms with Gasteiger partial charge in [-0.2, -0.15) is 0 Å². The van der Waals surface area contributed by atoms with Crippen molar-refractivity contribution in [3.05, 3.63) is 84.4 Å². The van der Waals surface area contributed by atoms with Gasteiger partial charge in [-0.25, -0.2) is 9.78 Å². The maximum Gasteiger partial charge on any atom is 0.331 e. The van der Waals surface area contributed by atoms with Crippen molar-refractivity contribution in [1.82, 2.24) is 15.6 Å². The van der Waals surface area contributed by atoms with Crippen LogP contribution in [0.3, 0.4) is 0 Å². The highest BCUT2D eigenvalue weighted by molar-refractivity contribution is 7.21. The molecular weight excluding hydrogens is 514 g/mol. The molecule has 2 atom stereocenters. The van der Waals surface area contributed by atoms with Crippen LogP contribution in [0.2, 0.25) is 0 Å². The number of nitrogens with zero attached hydrogens (tertiary/aromatic N) is 2. The molecule has 0 saturated heterocycles. The van der Waals surface area contributed by atoms with Crippen LogP contribution in [0.1, 0.15) is 28.9 Å². The topological polar surface area (TPSA) is 113 Å². The number of benzene rings is 2. The Labute approximate surface area is 228 Å². The van der Waals surface area contributed by atoms with Gasteiger partial charge < -0.3 is 20.7 Å². The third kappa shape index (κ3) is 4.82. The Hall–Kier alpha value is -4.70. The summed E-state index contributed by atoms with van der Waals surface area (Å²) in [5.41, 5.74) is 1.77. The SMILES string of the molecule is C=CC(=O)N[C@@H]1CC[C@H](NC(=O)c2sc3nccc4c3c2NC(=O)N4c2ccc(Oc3ccccc3)cc2)C1. The average molecular weight is 540 g/mol. The first-order chi connectivity index (χ1) is 19.0. The zero-order valence-corrected chi connectivity index (χ0v) is 21.7. The number of hydrogen-bond acceptors (Lipinski definition) is 6. The summed E-state index contributed by atoms with van der Waals surface area (Å²) >= 11 is 1.24. The van der Waals surface area contributed by atoms with E-state index in [9.17, 15) is 14.4 Å². The van der Waals surface area contributed by atoms with Crippen LogP contribution in [-0.4, -0.2) is 34.9 Å². The molecule has 2 aromatic carbocycles. The fourth-order valence-corrected chi connectivity index (χ4v) is 6.07. The highest BCUT2D eigenvalue weighted by Gasteiger charge is 2.34. The normalized spacial score (nSPS) is 17.9. The minimum atomic E-state index is -0.368. The maximum absolute atomic E-state index is 13.4. The average Bonchev–Trinajstić information content (AvgIpc) is 3.55. The Morgan fingerprint density at radius 1 is 1.03 bits per heavy atom. The van der Waals surface area contributed by atoms with Crippen LogP contribution in [0.5, 0.6) is 11.5 Å². The summed E-state index contributed by atoms with van der Waals surface area (Å²) in [4.78, 5) is 45.4. The van der Waals surface area contributed by atoms with Crippen molar-refractivity contribution in [1.29, 1.82) is 0 Å². The number of urea groups is 1. The number of anilines is 3. The summed E-state index contributed by atoms with van der Waals surface area (Å²) in [7, 11) is 0. The van der Waals surface area contributed by atoms with E-state index >= 15 is 0 Å². The number of aromatic nitrogens is 1. The van der Waals surface area contributed by atoms with Gasteiger partial charge >= 0.3 is 6.03 Å². The summed E-state index contributed by atoms with van der Waals surface area (Å²) in [5.74, 6) is 0.886. The highest BCUT2D eigenvalue weighted by atomic mass is 32.1. The van der Waals surface area contributed by atoms with E-state index in [0.717, 1.165) is 24.0 Å². The van der Waals surface area contributed by atoms with Crippen LogP contribution in [-0.2, 0) is 4.79 Å². The van der Waals surface area contributed by atoms with E-state index in [1.165, 1.54) is 17.4 Å². The van der Waals surface area contributed by atoms with Crippen LogP contribution in [0.4, 0.5) is 21.9 Å². The maximum atomic E-state index is 13.4. The number of carbonyl (C=O) groups is 3. The first-order valence-electron chi connectivity index (χ1n) is 12.6. The predicted octanol–water partition coefficient (Wildman–Crippen LogP) is 5.73. The Balaban J connectivity index is 1.24. The molecule has 39 heavy (non-hydrogen) atoms. The molecule has 0 bridgehead atoms. The third-order valence-electron chi connectivity index (χ3n) is 6.83. The van der Waals surface area contributed by atoms with Gasteiger partial charge in [0.2, 0.25) is 5.91 Å². The van der Waals surface area contributed by atoms with E-state index in [2.05, 4.69) is 27.5 Å². The number of amides is 4. The molecule has 10 heteroatoms. The zero-order chi connectivity index (χ0) is 26.9. The Morgan fingerprint density at radius 3 is 2.49 bits per heavy atom. The van der Waals surface area contributed by atoms with Crippen molar-refractivity contribution < 1.29 is 19.1 Å². The second-order valence-electron chi connectivity index (χ2n) is 9.38. The van der Waals surface area contributed by atoms with Gasteiger partial charge in [-0.3, -0.25) is 14.5 Å². The van der Waals surface area contributed by atoms with Crippen LogP contribution in [0.25, 0.3) is 10.2 Å². The standard InChI is InChI=1S/C29H25N5O4S/c1-2-23(35)31-17-8-9-18(16-17)32-27(36)26-25-24-22(14-15-30-28(24)39-26)34(29(37)33-25)19-10-12-21(13-11-19)38-20-6-4-3-5-7-20/h2-7,10-15,17-18H,1,8-9,16H2,(H,31,35)(H,32,36)(H,33,37)/t17-,18+/m1/s1. The van der Waals surface area contributed by atoms with Crippen LogP contribution < -0.4 is 25.6 Å². The summed E-state index contributed by atoms with van der Waals surface area (Å²) in [6.07, 6.45) is 5.05. The van der Waals surface area contributed by atoms with Gasteiger partial charge in [-0.15, -0.1) is 11.3 Å². The molecule has 0 unspecified atom stereocenters. The molecule has 2 aliphatic rings. The van der Waals surface area contributed by atoms with Crippen molar-refractivity contribution in [2.75, 3.05) is 10.2 Å². The van der Waals surface area contributed by atoms with Crippen LogP contribution in [0, 0.1) is 0 Å². The highest BCUT2D eigenvalue weighted by Crippen LogP contribution is 2.46. The Bertz CT molecular complexity index is 1580. The molecule has 0 radical (unpaired) electrons. The van der Waals surface area contributed by atoms with Crippen molar-refractivity contribution in [3.63, 3.8) is 0 Å². The molecule has 1 aliphatic heterocycles. The first-order valence-corrected chi connectivity index (χ1v) is 13.4. The van der Waals surface area contributed by atoms with E-state index < -0.39 is 0 Å². The van der Waals surface area contributed by atoms with Crippen molar-refractivity contribution in [2.45, 2.75) is 31.3 Å². The lowest BCUT2D eigenvalue weighted by Gasteiger charge is -2.28. The minimum absolute atomic E-state index is 0.00688. The minimum Gasteiger partial charge on any atom is -0.457 e. The quantitative estimate of drug-likeness (QED) is 0.260. The molecule has 4 aromatic rings. The molecule has 3 heterocycles. The number of hydrogen-bond donors (Lipinski definition) is 3. The Kier molecular flexibility index (Phi) is 6.45. The second kappa shape index (κ2) is 10.2. The summed E-state index contributed by atoms with van der Waals surface area (Å²) < 4.78 is 5.88. The fourth-order valence-electron chi connectivity index (χ4n) is 5.04. The fraction of sp³-hybridized carbons (Fsp3) is 0.172. The van der Waals surface area contributed by atoms with Gasteiger partial charge in [-0.05, 0) is 67.8 Å². The van der Waals surface area contributed by atoms with E-state index in [1.54, 1.807) is 17.2 Å². The lowest BCUT2D eigenvalue weighted by molar-refractivity contribution is -0.117. The van der Waals surface area contributed by atoms with E-state index in [-0.39, 0.29) is 29.9 Å². The second-order valence-corrected chi connectivity index (χ2v) is 10.4.